The lowest BCUT2D eigenvalue weighted by atomic mass is 10.2. The summed E-state index contributed by atoms with van der Waals surface area (Å²) in [5.41, 5.74) is 0.643. The average molecular weight is 479 g/mol. The fourth-order valence-electron chi connectivity index (χ4n) is 3.87. The van der Waals surface area contributed by atoms with Crippen LogP contribution in [-0.2, 0) is 0 Å². The number of hydrogen-bond donors (Lipinski definition) is 4. The largest absolute Gasteiger partial charge is 0.494 e. The standard InChI is InChI=1S/C24H26N6O5/c1-4-29(5-2)20-12-18-17(26-23(33)27-18)11-19(20)25-13-16-21(31)28-24(34)30(22(16)32)14-7-9-15(10-8-14)35-6-3/h7-13,32H,4-6H2,1-3H3,(H2,26,27,33)(H,28,31,34). The van der Waals surface area contributed by atoms with E-state index < -0.39 is 17.1 Å². The molecule has 2 heterocycles. The molecule has 0 unspecified atom stereocenters. The Morgan fingerprint density at radius 3 is 2.29 bits per heavy atom. The summed E-state index contributed by atoms with van der Waals surface area (Å²) in [5.74, 6) is 0.0595. The van der Waals surface area contributed by atoms with Gasteiger partial charge in [0.25, 0.3) is 5.56 Å². The van der Waals surface area contributed by atoms with Crippen LogP contribution in [0.2, 0.25) is 0 Å². The van der Waals surface area contributed by atoms with Gasteiger partial charge in [-0.25, -0.2) is 14.2 Å². The summed E-state index contributed by atoms with van der Waals surface area (Å²) in [5, 5.41) is 10.9. The maximum absolute atomic E-state index is 12.5. The van der Waals surface area contributed by atoms with Crippen molar-refractivity contribution in [3.05, 3.63) is 73.3 Å². The summed E-state index contributed by atoms with van der Waals surface area (Å²) in [4.78, 5) is 51.0. The Morgan fingerprint density at radius 2 is 1.66 bits per heavy atom. The summed E-state index contributed by atoms with van der Waals surface area (Å²) in [6.07, 6.45) is 1.21. The molecule has 0 atom stereocenters. The van der Waals surface area contributed by atoms with E-state index in [9.17, 15) is 19.5 Å². The normalized spacial score (nSPS) is 11.4. The predicted octanol–water partition coefficient (Wildman–Crippen LogP) is 2.40. The number of hydrogen-bond acceptors (Lipinski definition) is 7. The Bertz CT molecular complexity index is 1550. The van der Waals surface area contributed by atoms with E-state index in [-0.39, 0.29) is 11.3 Å². The minimum absolute atomic E-state index is 0.188. The van der Waals surface area contributed by atoms with Gasteiger partial charge in [0.2, 0.25) is 5.88 Å². The molecule has 2 aromatic carbocycles. The Morgan fingerprint density at radius 1 is 1.00 bits per heavy atom. The van der Waals surface area contributed by atoms with Gasteiger partial charge in [-0.15, -0.1) is 0 Å². The third-order valence-corrected chi connectivity index (χ3v) is 5.57. The second-order valence-electron chi connectivity index (χ2n) is 7.66. The predicted molar refractivity (Wildman–Crippen MR) is 135 cm³/mol. The van der Waals surface area contributed by atoms with E-state index in [1.54, 1.807) is 36.4 Å². The molecule has 4 rings (SSSR count). The van der Waals surface area contributed by atoms with Gasteiger partial charge in [0.15, 0.2) is 0 Å². The molecule has 11 nitrogen and oxygen atoms in total. The third kappa shape index (κ3) is 4.60. The van der Waals surface area contributed by atoms with Gasteiger partial charge in [0.05, 0.1) is 34.7 Å². The van der Waals surface area contributed by atoms with Crippen LogP contribution in [0.4, 0.5) is 11.4 Å². The van der Waals surface area contributed by atoms with Crippen LogP contribution in [0.15, 0.2) is 55.8 Å². The molecule has 0 radical (unpaired) electrons. The van der Waals surface area contributed by atoms with Gasteiger partial charge in [-0.05, 0) is 57.2 Å². The minimum atomic E-state index is -0.788. The van der Waals surface area contributed by atoms with E-state index in [0.717, 1.165) is 10.3 Å². The molecule has 0 fully saturated rings. The van der Waals surface area contributed by atoms with Crippen LogP contribution in [0.5, 0.6) is 11.6 Å². The van der Waals surface area contributed by atoms with Gasteiger partial charge in [-0.3, -0.25) is 14.8 Å². The van der Waals surface area contributed by atoms with Gasteiger partial charge in [-0.2, -0.15) is 0 Å². The fraction of sp³-hybridized carbons (Fsp3) is 0.250. The number of H-pyrrole nitrogens is 3. The van der Waals surface area contributed by atoms with Crippen molar-refractivity contribution < 1.29 is 9.84 Å². The second kappa shape index (κ2) is 9.75. The zero-order chi connectivity index (χ0) is 25.1. The molecular formula is C24H26N6O5. The number of aromatic amines is 3. The van der Waals surface area contributed by atoms with Crippen molar-refractivity contribution >= 4 is 28.6 Å². The van der Waals surface area contributed by atoms with E-state index in [4.69, 9.17) is 4.74 Å². The van der Waals surface area contributed by atoms with Crippen molar-refractivity contribution in [2.45, 2.75) is 20.8 Å². The van der Waals surface area contributed by atoms with Gasteiger partial charge >= 0.3 is 11.4 Å². The van der Waals surface area contributed by atoms with Crippen LogP contribution >= 0.6 is 0 Å². The number of rotatable bonds is 8. The lowest BCUT2D eigenvalue weighted by Gasteiger charge is -2.22. The molecule has 0 aliphatic rings. The molecule has 182 valence electrons. The highest BCUT2D eigenvalue weighted by atomic mass is 16.5. The van der Waals surface area contributed by atoms with Crippen LogP contribution in [0, 0.1) is 0 Å². The molecule has 11 heteroatoms. The highest BCUT2D eigenvalue weighted by Crippen LogP contribution is 2.32. The van der Waals surface area contributed by atoms with Gasteiger partial charge in [0, 0.05) is 19.3 Å². The molecule has 0 aliphatic heterocycles. The Hall–Kier alpha value is -4.54. The third-order valence-electron chi connectivity index (χ3n) is 5.57. The number of aromatic hydroxyl groups is 1. The van der Waals surface area contributed by atoms with Crippen LogP contribution in [-0.4, -0.2) is 50.5 Å². The van der Waals surface area contributed by atoms with Gasteiger partial charge in [-0.1, -0.05) is 0 Å². The molecule has 0 amide bonds. The molecule has 35 heavy (non-hydrogen) atoms. The molecule has 4 N–H and O–H groups in total. The quantitative estimate of drug-likeness (QED) is 0.286. The Kier molecular flexibility index (Phi) is 6.58. The smallest absolute Gasteiger partial charge is 0.335 e. The molecule has 0 aliphatic carbocycles. The number of ether oxygens (including phenoxy) is 1. The zero-order valence-electron chi connectivity index (χ0n) is 19.6. The highest BCUT2D eigenvalue weighted by molar-refractivity contribution is 5.91. The first-order valence-electron chi connectivity index (χ1n) is 11.2. The number of nitrogens with zero attached hydrogens (tertiary/aromatic N) is 3. The van der Waals surface area contributed by atoms with Gasteiger partial charge < -0.3 is 24.7 Å². The monoisotopic (exact) mass is 478 g/mol. The SMILES string of the molecule is CCOc1ccc(-n2c(O)c(C=Nc3cc4[nH]c(=O)[nH]c4cc3N(CC)CC)c(=O)[nH]c2=O)cc1. The average Bonchev–Trinajstić information content (AvgIpc) is 3.19. The van der Waals surface area contributed by atoms with E-state index in [0.29, 0.717) is 47.9 Å². The summed E-state index contributed by atoms with van der Waals surface area (Å²) in [6, 6.07) is 10.0. The van der Waals surface area contributed by atoms with E-state index in [1.165, 1.54) is 6.21 Å². The Labute approximate surface area is 199 Å². The maximum Gasteiger partial charge on any atom is 0.335 e. The van der Waals surface area contributed by atoms with Crippen molar-refractivity contribution in [2.24, 2.45) is 4.99 Å². The molecule has 0 saturated carbocycles. The number of nitrogens with one attached hydrogen (secondary N) is 3. The van der Waals surface area contributed by atoms with Crippen LogP contribution in [0.3, 0.4) is 0 Å². The number of fused-ring (bicyclic) bond motifs is 1. The molecule has 0 spiro atoms. The minimum Gasteiger partial charge on any atom is -0.494 e. The Balaban J connectivity index is 1.82. The molecule has 0 saturated heterocycles. The molecule has 2 aromatic heterocycles. The number of anilines is 1. The zero-order valence-corrected chi connectivity index (χ0v) is 19.6. The lowest BCUT2D eigenvalue weighted by molar-refractivity contribution is 0.340. The fourth-order valence-corrected chi connectivity index (χ4v) is 3.87. The number of aromatic nitrogens is 4. The van der Waals surface area contributed by atoms with Gasteiger partial charge in [0.1, 0.15) is 11.3 Å². The van der Waals surface area contributed by atoms with Crippen molar-refractivity contribution in [3.63, 3.8) is 0 Å². The van der Waals surface area contributed by atoms with Crippen LogP contribution in [0.25, 0.3) is 16.7 Å². The summed E-state index contributed by atoms with van der Waals surface area (Å²) >= 11 is 0. The first-order chi connectivity index (χ1) is 16.9. The summed E-state index contributed by atoms with van der Waals surface area (Å²) in [7, 11) is 0. The summed E-state index contributed by atoms with van der Waals surface area (Å²) in [6.45, 7) is 7.70. The lowest BCUT2D eigenvalue weighted by Crippen LogP contribution is -2.31. The van der Waals surface area contributed by atoms with Crippen molar-refractivity contribution in [1.29, 1.82) is 0 Å². The first kappa shape index (κ1) is 23.6. The number of aliphatic imine (C=N–C) groups is 1. The number of imidazole rings is 1. The van der Waals surface area contributed by atoms with Crippen LogP contribution in [0.1, 0.15) is 26.3 Å². The summed E-state index contributed by atoms with van der Waals surface area (Å²) < 4.78 is 6.39. The highest BCUT2D eigenvalue weighted by Gasteiger charge is 2.16. The van der Waals surface area contributed by atoms with Crippen molar-refractivity contribution in [1.82, 2.24) is 19.5 Å². The topological polar surface area (TPSA) is 149 Å². The van der Waals surface area contributed by atoms with Crippen LogP contribution < -0.4 is 26.6 Å². The van der Waals surface area contributed by atoms with E-state index in [1.807, 2.05) is 25.7 Å². The van der Waals surface area contributed by atoms with E-state index in [2.05, 4.69) is 19.9 Å². The molecular weight excluding hydrogens is 452 g/mol. The van der Waals surface area contributed by atoms with Crippen molar-refractivity contribution in [2.75, 3.05) is 24.6 Å². The molecule has 4 aromatic rings. The first-order valence-corrected chi connectivity index (χ1v) is 11.2. The number of benzene rings is 2. The maximum atomic E-state index is 12.5. The second-order valence-corrected chi connectivity index (χ2v) is 7.66. The molecule has 0 bridgehead atoms. The van der Waals surface area contributed by atoms with Crippen molar-refractivity contribution in [3.8, 4) is 17.3 Å². The van der Waals surface area contributed by atoms with E-state index >= 15 is 0 Å².